The van der Waals surface area contributed by atoms with E-state index in [-0.39, 0.29) is 5.48 Å². The third-order valence-corrected chi connectivity index (χ3v) is 0.709. The molecule has 0 rings (SSSR count). The van der Waals surface area contributed by atoms with Gasteiger partial charge in [-0.25, -0.2) is 0 Å². The molecule has 0 spiro atoms. The Balaban J connectivity index is 0. The van der Waals surface area contributed by atoms with Gasteiger partial charge < -0.3 is 5.48 Å². The molecule has 0 saturated carbocycles. The fourth-order valence-electron chi connectivity index (χ4n) is 0.260. The van der Waals surface area contributed by atoms with Crippen LogP contribution in [0.1, 0.15) is 0 Å². The van der Waals surface area contributed by atoms with Gasteiger partial charge >= 0.3 is 0 Å². The summed E-state index contributed by atoms with van der Waals surface area (Å²) in [6.45, 7) is 10.7. The number of hydrogen-bond donors (Lipinski definition) is 0. The molecule has 0 aromatic heterocycles. The highest BCUT2D eigenvalue weighted by Crippen LogP contribution is 1.91. The van der Waals surface area contributed by atoms with Crippen molar-refractivity contribution < 1.29 is 5.48 Å². The standard InChI is InChI=1S/C8H10.H2O/c1-4-6-7-8(3)5-2;/h4-7H,1-3H2;1H2/b7-6-;. The highest BCUT2D eigenvalue weighted by atomic mass is 16.0. The summed E-state index contributed by atoms with van der Waals surface area (Å²) in [5.74, 6) is 0. The van der Waals surface area contributed by atoms with Gasteiger partial charge in [0.1, 0.15) is 0 Å². The van der Waals surface area contributed by atoms with E-state index in [4.69, 9.17) is 0 Å². The summed E-state index contributed by atoms with van der Waals surface area (Å²) in [7, 11) is 0. The van der Waals surface area contributed by atoms with Crippen LogP contribution in [0.4, 0.5) is 0 Å². The Morgan fingerprint density at radius 3 is 2.11 bits per heavy atom. The molecule has 0 radical (unpaired) electrons. The van der Waals surface area contributed by atoms with E-state index in [2.05, 4.69) is 19.7 Å². The van der Waals surface area contributed by atoms with Gasteiger partial charge in [0, 0.05) is 0 Å². The van der Waals surface area contributed by atoms with Crippen molar-refractivity contribution >= 4 is 0 Å². The maximum absolute atomic E-state index is 3.66. The molecule has 0 aliphatic carbocycles. The molecule has 0 fully saturated rings. The first-order valence-electron chi connectivity index (χ1n) is 2.41. The van der Waals surface area contributed by atoms with Crippen molar-refractivity contribution in [3.63, 3.8) is 0 Å². The molecule has 0 aromatic carbocycles. The topological polar surface area (TPSA) is 31.5 Å². The Kier molecular flexibility index (Phi) is 8.32. The van der Waals surface area contributed by atoms with E-state index in [9.17, 15) is 0 Å². The third kappa shape index (κ3) is 6.92. The van der Waals surface area contributed by atoms with Crippen molar-refractivity contribution in [3.05, 3.63) is 49.6 Å². The molecule has 0 aliphatic rings. The zero-order valence-corrected chi connectivity index (χ0v) is 5.43. The molecule has 1 nitrogen and oxygen atoms in total. The van der Waals surface area contributed by atoms with Gasteiger partial charge in [0.15, 0.2) is 0 Å². The largest absolute Gasteiger partial charge is 0.412 e. The van der Waals surface area contributed by atoms with Crippen LogP contribution in [-0.4, -0.2) is 5.48 Å². The summed E-state index contributed by atoms with van der Waals surface area (Å²) in [5, 5.41) is 0. The van der Waals surface area contributed by atoms with E-state index in [0.29, 0.717) is 0 Å². The van der Waals surface area contributed by atoms with Gasteiger partial charge in [-0.05, 0) is 5.57 Å². The monoisotopic (exact) mass is 124 g/mol. The van der Waals surface area contributed by atoms with Crippen LogP contribution in [0.5, 0.6) is 0 Å². The highest BCUT2D eigenvalue weighted by molar-refractivity contribution is 5.27. The van der Waals surface area contributed by atoms with Crippen LogP contribution in [-0.2, 0) is 0 Å². The van der Waals surface area contributed by atoms with Crippen LogP contribution in [0.3, 0.4) is 0 Å². The molecule has 9 heavy (non-hydrogen) atoms. The lowest BCUT2D eigenvalue weighted by Gasteiger charge is -1.80. The normalized spacial score (nSPS) is 8.00. The van der Waals surface area contributed by atoms with Crippen LogP contribution < -0.4 is 0 Å². The second-order valence-corrected chi connectivity index (χ2v) is 1.37. The average molecular weight is 124 g/mol. The average Bonchev–Trinajstić information content (AvgIpc) is 1.83. The van der Waals surface area contributed by atoms with E-state index < -0.39 is 0 Å². The Labute approximate surface area is 56.0 Å². The van der Waals surface area contributed by atoms with Crippen molar-refractivity contribution in [1.82, 2.24) is 0 Å². The lowest BCUT2D eigenvalue weighted by molar-refractivity contribution is 0.824. The smallest absolute Gasteiger partial charge is 0.0335 e. The predicted molar refractivity (Wildman–Crippen MR) is 42.3 cm³/mol. The summed E-state index contributed by atoms with van der Waals surface area (Å²) in [6.07, 6.45) is 7.07. The van der Waals surface area contributed by atoms with Crippen LogP contribution in [0, 0.1) is 0 Å². The molecule has 0 aromatic rings. The SMILES string of the molecule is C=C/C=C\C(=C)C=C.O. The minimum atomic E-state index is 0. The van der Waals surface area contributed by atoms with Crippen LogP contribution >= 0.6 is 0 Å². The first-order valence-corrected chi connectivity index (χ1v) is 2.41. The van der Waals surface area contributed by atoms with E-state index in [1.165, 1.54) is 0 Å². The van der Waals surface area contributed by atoms with Gasteiger partial charge in [0.05, 0.1) is 0 Å². The fraction of sp³-hybridized carbons (Fsp3) is 0. The number of rotatable bonds is 3. The summed E-state index contributed by atoms with van der Waals surface area (Å²) < 4.78 is 0. The molecule has 50 valence electrons. The number of hydrogen-bond acceptors (Lipinski definition) is 0. The minimum absolute atomic E-state index is 0. The van der Waals surface area contributed by atoms with Gasteiger partial charge in [-0.3, -0.25) is 0 Å². The first kappa shape index (κ1) is 10.8. The van der Waals surface area contributed by atoms with E-state index >= 15 is 0 Å². The zero-order valence-electron chi connectivity index (χ0n) is 5.43. The highest BCUT2D eigenvalue weighted by Gasteiger charge is 1.70. The molecule has 1 heteroatoms. The second-order valence-electron chi connectivity index (χ2n) is 1.37. The summed E-state index contributed by atoms with van der Waals surface area (Å²) in [4.78, 5) is 0. The van der Waals surface area contributed by atoms with Crippen molar-refractivity contribution in [1.29, 1.82) is 0 Å². The maximum atomic E-state index is 3.66. The molecule has 0 bridgehead atoms. The fourth-order valence-corrected chi connectivity index (χ4v) is 0.260. The van der Waals surface area contributed by atoms with Gasteiger partial charge in [0.2, 0.25) is 0 Å². The summed E-state index contributed by atoms with van der Waals surface area (Å²) >= 11 is 0. The molecular formula is C8H12O. The van der Waals surface area contributed by atoms with E-state index in [1.54, 1.807) is 12.2 Å². The number of allylic oxidation sites excluding steroid dienone is 5. The molecule has 0 amide bonds. The van der Waals surface area contributed by atoms with Gasteiger partial charge in [-0.1, -0.05) is 44.0 Å². The molecule has 0 heterocycles. The molecule has 0 aliphatic heterocycles. The van der Waals surface area contributed by atoms with Gasteiger partial charge in [-0.2, -0.15) is 0 Å². The quantitative estimate of drug-likeness (QED) is 0.512. The lowest BCUT2D eigenvalue weighted by Crippen LogP contribution is -1.59. The molecule has 0 atom stereocenters. The van der Waals surface area contributed by atoms with Crippen molar-refractivity contribution in [2.24, 2.45) is 0 Å². The van der Waals surface area contributed by atoms with Crippen molar-refractivity contribution in [2.75, 3.05) is 0 Å². The summed E-state index contributed by atoms with van der Waals surface area (Å²) in [5.41, 5.74) is 0.907. The van der Waals surface area contributed by atoms with Crippen LogP contribution in [0.25, 0.3) is 0 Å². The Hall–Kier alpha value is -1.08. The van der Waals surface area contributed by atoms with E-state index in [1.807, 2.05) is 12.2 Å². The Bertz CT molecular complexity index is 132. The maximum Gasteiger partial charge on any atom is -0.0335 e. The van der Waals surface area contributed by atoms with Crippen molar-refractivity contribution in [2.45, 2.75) is 0 Å². The van der Waals surface area contributed by atoms with Crippen LogP contribution in [0.2, 0.25) is 0 Å². The lowest BCUT2D eigenvalue weighted by atomic mass is 10.3. The van der Waals surface area contributed by atoms with Gasteiger partial charge in [0.25, 0.3) is 0 Å². The Morgan fingerprint density at radius 2 is 1.78 bits per heavy atom. The third-order valence-electron chi connectivity index (χ3n) is 0.709. The molecular weight excluding hydrogens is 112 g/mol. The van der Waals surface area contributed by atoms with Crippen LogP contribution in [0.15, 0.2) is 49.6 Å². The minimum Gasteiger partial charge on any atom is -0.412 e. The predicted octanol–water partition coefficient (Wildman–Crippen LogP) is 1.65. The van der Waals surface area contributed by atoms with Crippen molar-refractivity contribution in [3.8, 4) is 0 Å². The zero-order chi connectivity index (χ0) is 6.41. The molecule has 2 N–H and O–H groups in total. The first-order chi connectivity index (χ1) is 3.81. The molecule has 0 saturated heterocycles. The second kappa shape index (κ2) is 6.92. The molecule has 0 unspecified atom stereocenters. The van der Waals surface area contributed by atoms with Gasteiger partial charge in [-0.15, -0.1) is 0 Å². The van der Waals surface area contributed by atoms with E-state index in [0.717, 1.165) is 5.57 Å². The Morgan fingerprint density at radius 1 is 1.22 bits per heavy atom. The summed E-state index contributed by atoms with van der Waals surface area (Å²) in [6, 6.07) is 0.